The van der Waals surface area contributed by atoms with Gasteiger partial charge in [0.2, 0.25) is 0 Å². The molecule has 1 aliphatic heterocycles. The summed E-state index contributed by atoms with van der Waals surface area (Å²) in [6.45, 7) is 3.30. The van der Waals surface area contributed by atoms with Crippen LogP contribution < -0.4 is 5.32 Å². The number of Topliss-reactive ketones (excluding diaryl/α,β-unsaturated/α-hetero) is 1. The molecular formula is C7H9NO2S. The van der Waals surface area contributed by atoms with Crippen molar-refractivity contribution in [1.82, 2.24) is 5.32 Å². The SMILES string of the molecule is CC(=O)C1=C(C)NC(C=O)S1. The number of allylic oxidation sites excluding steroid dienone is 2. The molecule has 0 saturated heterocycles. The molecule has 1 aliphatic rings. The van der Waals surface area contributed by atoms with Gasteiger partial charge in [0.1, 0.15) is 5.37 Å². The number of carbonyl (C=O) groups excluding carboxylic acids is 2. The average Bonchev–Trinajstić information content (AvgIpc) is 2.30. The van der Waals surface area contributed by atoms with Gasteiger partial charge in [-0.1, -0.05) is 11.8 Å². The van der Waals surface area contributed by atoms with E-state index in [0.717, 1.165) is 12.0 Å². The van der Waals surface area contributed by atoms with Crippen molar-refractivity contribution >= 4 is 23.8 Å². The second-order valence-electron chi connectivity index (χ2n) is 2.33. The van der Waals surface area contributed by atoms with E-state index in [1.807, 2.05) is 0 Å². The molecular weight excluding hydrogens is 162 g/mol. The van der Waals surface area contributed by atoms with Gasteiger partial charge < -0.3 is 10.1 Å². The minimum atomic E-state index is -0.270. The van der Waals surface area contributed by atoms with E-state index in [4.69, 9.17) is 0 Å². The van der Waals surface area contributed by atoms with Gasteiger partial charge in [-0.15, -0.1) is 0 Å². The summed E-state index contributed by atoms with van der Waals surface area (Å²) in [5.74, 6) is 0.0179. The van der Waals surface area contributed by atoms with E-state index >= 15 is 0 Å². The van der Waals surface area contributed by atoms with E-state index in [-0.39, 0.29) is 11.2 Å². The predicted octanol–water partition coefficient (Wildman–Crippen LogP) is 0.668. The third kappa shape index (κ3) is 1.63. The van der Waals surface area contributed by atoms with Gasteiger partial charge in [0.15, 0.2) is 12.1 Å². The summed E-state index contributed by atoms with van der Waals surface area (Å²) in [5.41, 5.74) is 0.805. The lowest BCUT2D eigenvalue weighted by molar-refractivity contribution is -0.113. The van der Waals surface area contributed by atoms with Crippen LogP contribution in [0.4, 0.5) is 0 Å². The Morgan fingerprint density at radius 1 is 1.73 bits per heavy atom. The Hall–Kier alpha value is -0.770. The van der Waals surface area contributed by atoms with E-state index in [1.165, 1.54) is 18.7 Å². The monoisotopic (exact) mass is 171 g/mol. The molecule has 0 aliphatic carbocycles. The molecule has 0 radical (unpaired) electrons. The maximum atomic E-state index is 10.9. The molecule has 1 unspecified atom stereocenters. The summed E-state index contributed by atoms with van der Waals surface area (Å²) < 4.78 is 0. The van der Waals surface area contributed by atoms with Crippen LogP contribution >= 0.6 is 11.8 Å². The standard InChI is InChI=1S/C7H9NO2S/c1-4-7(5(2)10)11-6(3-9)8-4/h3,6,8H,1-2H3. The van der Waals surface area contributed by atoms with Gasteiger partial charge in [0, 0.05) is 5.70 Å². The van der Waals surface area contributed by atoms with Crippen LogP contribution in [0.5, 0.6) is 0 Å². The lowest BCUT2D eigenvalue weighted by Crippen LogP contribution is -2.19. The Labute approximate surface area is 69.2 Å². The molecule has 11 heavy (non-hydrogen) atoms. The number of hydrogen-bond acceptors (Lipinski definition) is 4. The molecule has 0 fully saturated rings. The molecule has 0 aromatic rings. The summed E-state index contributed by atoms with van der Waals surface area (Å²) in [6.07, 6.45) is 0.796. The number of hydrogen-bond donors (Lipinski definition) is 1. The van der Waals surface area contributed by atoms with E-state index in [1.54, 1.807) is 6.92 Å². The number of rotatable bonds is 2. The molecule has 3 nitrogen and oxygen atoms in total. The van der Waals surface area contributed by atoms with E-state index in [0.29, 0.717) is 4.91 Å². The van der Waals surface area contributed by atoms with E-state index < -0.39 is 0 Å². The fourth-order valence-corrected chi connectivity index (χ4v) is 1.88. The summed E-state index contributed by atoms with van der Waals surface area (Å²) in [6, 6.07) is 0. The van der Waals surface area contributed by atoms with Gasteiger partial charge in [0.25, 0.3) is 0 Å². The normalized spacial score (nSPS) is 23.3. The van der Waals surface area contributed by atoms with Crippen molar-refractivity contribution < 1.29 is 9.59 Å². The molecule has 4 heteroatoms. The first-order chi connectivity index (χ1) is 5.15. The van der Waals surface area contributed by atoms with Crippen LogP contribution in [0.25, 0.3) is 0 Å². The smallest absolute Gasteiger partial charge is 0.167 e. The minimum Gasteiger partial charge on any atom is -0.370 e. The van der Waals surface area contributed by atoms with E-state index in [9.17, 15) is 9.59 Å². The molecule has 1 atom stereocenters. The summed E-state index contributed by atoms with van der Waals surface area (Å²) >= 11 is 1.28. The number of aldehydes is 1. The fraction of sp³-hybridized carbons (Fsp3) is 0.429. The molecule has 1 heterocycles. The van der Waals surface area contributed by atoms with Gasteiger partial charge in [-0.25, -0.2) is 0 Å². The van der Waals surface area contributed by atoms with Gasteiger partial charge >= 0.3 is 0 Å². The maximum absolute atomic E-state index is 10.9. The third-order valence-electron chi connectivity index (χ3n) is 1.39. The second kappa shape index (κ2) is 3.09. The Kier molecular flexibility index (Phi) is 2.34. The van der Waals surface area contributed by atoms with Gasteiger partial charge in [-0.3, -0.25) is 4.79 Å². The number of carbonyl (C=O) groups is 2. The first kappa shape index (κ1) is 8.33. The summed E-state index contributed by atoms with van der Waals surface area (Å²) in [7, 11) is 0. The molecule has 1 rings (SSSR count). The number of ketones is 1. The highest BCUT2D eigenvalue weighted by Crippen LogP contribution is 2.29. The Morgan fingerprint density at radius 2 is 2.36 bits per heavy atom. The van der Waals surface area contributed by atoms with Crippen molar-refractivity contribution in [3.63, 3.8) is 0 Å². The number of thioether (sulfide) groups is 1. The lowest BCUT2D eigenvalue weighted by atomic mass is 10.3. The van der Waals surface area contributed by atoms with Gasteiger partial charge in [-0.2, -0.15) is 0 Å². The van der Waals surface area contributed by atoms with Crippen LogP contribution in [0.15, 0.2) is 10.6 Å². The molecule has 1 N–H and O–H groups in total. The van der Waals surface area contributed by atoms with E-state index in [2.05, 4.69) is 5.32 Å². The highest BCUT2D eigenvalue weighted by molar-refractivity contribution is 8.05. The highest BCUT2D eigenvalue weighted by atomic mass is 32.2. The van der Waals surface area contributed by atoms with Crippen LogP contribution in [0, 0.1) is 0 Å². The molecule has 0 amide bonds. The molecule has 0 spiro atoms. The van der Waals surface area contributed by atoms with Gasteiger partial charge in [-0.05, 0) is 13.8 Å². The zero-order valence-electron chi connectivity index (χ0n) is 6.38. The largest absolute Gasteiger partial charge is 0.370 e. The van der Waals surface area contributed by atoms with Gasteiger partial charge in [0.05, 0.1) is 4.91 Å². The van der Waals surface area contributed by atoms with Crippen molar-refractivity contribution in [3.8, 4) is 0 Å². The minimum absolute atomic E-state index is 0.0179. The van der Waals surface area contributed by atoms with Crippen molar-refractivity contribution in [2.24, 2.45) is 0 Å². The summed E-state index contributed by atoms with van der Waals surface area (Å²) in [4.78, 5) is 21.9. The molecule has 0 aromatic carbocycles. The average molecular weight is 171 g/mol. The maximum Gasteiger partial charge on any atom is 0.167 e. The number of nitrogens with one attached hydrogen (secondary N) is 1. The quantitative estimate of drug-likeness (QED) is 0.620. The van der Waals surface area contributed by atoms with Crippen molar-refractivity contribution in [3.05, 3.63) is 10.6 Å². The first-order valence-electron chi connectivity index (χ1n) is 3.25. The summed E-state index contributed by atoms with van der Waals surface area (Å²) in [5, 5.41) is 2.62. The second-order valence-corrected chi connectivity index (χ2v) is 3.48. The van der Waals surface area contributed by atoms with Crippen molar-refractivity contribution in [2.45, 2.75) is 19.2 Å². The highest BCUT2D eigenvalue weighted by Gasteiger charge is 2.23. The Bertz CT molecular complexity index is 235. The first-order valence-corrected chi connectivity index (χ1v) is 4.13. The van der Waals surface area contributed by atoms with Crippen molar-refractivity contribution in [1.29, 1.82) is 0 Å². The van der Waals surface area contributed by atoms with Crippen LogP contribution in [0.1, 0.15) is 13.8 Å². The zero-order valence-corrected chi connectivity index (χ0v) is 7.20. The molecule has 0 bridgehead atoms. The topological polar surface area (TPSA) is 46.2 Å². The van der Waals surface area contributed by atoms with Crippen LogP contribution in [0.3, 0.4) is 0 Å². The Balaban J connectivity index is 2.74. The van der Waals surface area contributed by atoms with Crippen molar-refractivity contribution in [2.75, 3.05) is 0 Å². The molecule has 60 valence electrons. The zero-order chi connectivity index (χ0) is 8.43. The van der Waals surface area contributed by atoms with Crippen LogP contribution in [0.2, 0.25) is 0 Å². The predicted molar refractivity (Wildman–Crippen MR) is 44.0 cm³/mol. The van der Waals surface area contributed by atoms with Crippen LogP contribution in [-0.4, -0.2) is 17.4 Å². The third-order valence-corrected chi connectivity index (χ3v) is 2.70. The molecule has 0 saturated carbocycles. The lowest BCUT2D eigenvalue weighted by Gasteiger charge is -1.99. The Morgan fingerprint density at radius 3 is 2.64 bits per heavy atom. The van der Waals surface area contributed by atoms with Crippen LogP contribution in [-0.2, 0) is 9.59 Å². The fourth-order valence-electron chi connectivity index (χ4n) is 0.933. The molecule has 0 aromatic heterocycles.